The minimum Gasteiger partial charge on any atom is -0.435 e. The van der Waals surface area contributed by atoms with E-state index in [4.69, 9.17) is 4.74 Å². The van der Waals surface area contributed by atoms with Crippen LogP contribution in [-0.2, 0) is 15.8 Å². The predicted molar refractivity (Wildman–Crippen MR) is 153 cm³/mol. The normalized spacial score (nSPS) is 17.2. The molecule has 1 aliphatic heterocycles. The monoisotopic (exact) mass is 634 g/mol. The maximum atomic E-state index is 15.1. The number of pyridine rings is 1. The quantitative estimate of drug-likeness (QED) is 0.150. The lowest BCUT2D eigenvalue weighted by Gasteiger charge is -2.33. The molecule has 0 aliphatic carbocycles. The summed E-state index contributed by atoms with van der Waals surface area (Å²) >= 11 is 0. The van der Waals surface area contributed by atoms with Crippen LogP contribution in [0.25, 0.3) is 11.3 Å². The Morgan fingerprint density at radius 1 is 1.00 bits per heavy atom. The molecule has 1 aliphatic rings. The first-order valence-electron chi connectivity index (χ1n) is 13.4. The van der Waals surface area contributed by atoms with E-state index in [1.165, 1.54) is 42.7 Å². The van der Waals surface area contributed by atoms with Crippen LogP contribution in [0.1, 0.15) is 18.9 Å². The molecule has 0 saturated carbocycles. The molecule has 44 heavy (non-hydrogen) atoms. The standard InChI is InChI=1S/C29H27F5N6O3S/c1-29(33,34)18-12-19(15-35-14-18)38-28-37-11-9-22(39-28)20-8-5-10-36-27(20)43-23-13-21(30)26(25(32)24(23)31)40-44(41,42)16-17-6-3-2-4-7-17/h2-11,13,18-19,35,40H,12,14-16H2,1H3,(H,37,38,39). The van der Waals surface area contributed by atoms with E-state index in [9.17, 15) is 26.0 Å². The van der Waals surface area contributed by atoms with Crippen molar-refractivity contribution >= 4 is 21.7 Å². The second kappa shape index (κ2) is 12.7. The number of aromatic nitrogens is 3. The molecule has 3 heterocycles. The fourth-order valence-corrected chi connectivity index (χ4v) is 5.90. The van der Waals surface area contributed by atoms with Gasteiger partial charge in [0, 0.05) is 43.5 Å². The molecule has 232 valence electrons. The van der Waals surface area contributed by atoms with Crippen LogP contribution >= 0.6 is 0 Å². The largest absolute Gasteiger partial charge is 0.435 e. The molecule has 1 saturated heterocycles. The summed E-state index contributed by atoms with van der Waals surface area (Å²) in [6, 6.07) is 12.5. The van der Waals surface area contributed by atoms with Gasteiger partial charge in [-0.2, -0.15) is 4.39 Å². The van der Waals surface area contributed by atoms with Crippen molar-refractivity contribution in [2.24, 2.45) is 5.92 Å². The number of hydrogen-bond acceptors (Lipinski definition) is 8. The SMILES string of the molecule is CC(F)(F)C1CNCC(Nc2nccc(-c3cccnc3Oc3cc(F)c(NS(=O)(=O)Cc4ccccc4)c(F)c3F)n2)C1. The van der Waals surface area contributed by atoms with Crippen LogP contribution in [-0.4, -0.2) is 48.4 Å². The fraction of sp³-hybridized carbons (Fsp3) is 0.276. The minimum absolute atomic E-state index is 0.125. The minimum atomic E-state index is -4.30. The van der Waals surface area contributed by atoms with Crippen LogP contribution in [0, 0.1) is 23.4 Å². The zero-order chi connectivity index (χ0) is 31.5. The molecule has 15 heteroatoms. The van der Waals surface area contributed by atoms with Crippen LogP contribution in [0.15, 0.2) is 67.0 Å². The number of nitrogens with one attached hydrogen (secondary N) is 3. The number of sulfonamides is 1. The van der Waals surface area contributed by atoms with E-state index >= 15 is 4.39 Å². The van der Waals surface area contributed by atoms with Crippen molar-refractivity contribution < 1.29 is 35.1 Å². The highest BCUT2D eigenvalue weighted by molar-refractivity contribution is 7.91. The first-order chi connectivity index (χ1) is 20.9. The van der Waals surface area contributed by atoms with Crippen molar-refractivity contribution in [2.45, 2.75) is 31.1 Å². The third-order valence-corrected chi connectivity index (χ3v) is 8.12. The van der Waals surface area contributed by atoms with Gasteiger partial charge in [0.15, 0.2) is 17.4 Å². The van der Waals surface area contributed by atoms with E-state index in [1.807, 2.05) is 0 Å². The van der Waals surface area contributed by atoms with E-state index in [0.717, 1.165) is 6.92 Å². The fourth-order valence-electron chi connectivity index (χ4n) is 4.70. The van der Waals surface area contributed by atoms with E-state index < -0.39 is 56.5 Å². The summed E-state index contributed by atoms with van der Waals surface area (Å²) in [6.07, 6.45) is 2.88. The first-order valence-corrected chi connectivity index (χ1v) is 15.1. The molecule has 4 aromatic rings. The van der Waals surface area contributed by atoms with Crippen LogP contribution in [0.2, 0.25) is 0 Å². The van der Waals surface area contributed by atoms with Gasteiger partial charge in [-0.1, -0.05) is 30.3 Å². The molecule has 3 N–H and O–H groups in total. The van der Waals surface area contributed by atoms with Gasteiger partial charge in [-0.05, 0) is 37.1 Å². The molecule has 0 spiro atoms. The lowest BCUT2D eigenvalue weighted by Crippen LogP contribution is -2.48. The Balaban J connectivity index is 1.36. The van der Waals surface area contributed by atoms with Gasteiger partial charge in [-0.15, -0.1) is 0 Å². The van der Waals surface area contributed by atoms with Crippen molar-refractivity contribution in [3.8, 4) is 22.9 Å². The maximum Gasteiger partial charge on any atom is 0.249 e. The van der Waals surface area contributed by atoms with Gasteiger partial charge in [0.25, 0.3) is 0 Å². The Bertz CT molecular complexity index is 1740. The highest BCUT2D eigenvalue weighted by atomic mass is 32.2. The van der Waals surface area contributed by atoms with E-state index in [1.54, 1.807) is 22.9 Å². The summed E-state index contributed by atoms with van der Waals surface area (Å²) in [5.41, 5.74) is -0.406. The van der Waals surface area contributed by atoms with Crippen LogP contribution < -0.4 is 20.1 Å². The van der Waals surface area contributed by atoms with Crippen LogP contribution in [0.3, 0.4) is 0 Å². The Kier molecular flexibility index (Phi) is 8.97. The number of ether oxygens (including phenoxy) is 1. The number of piperidine rings is 1. The summed E-state index contributed by atoms with van der Waals surface area (Å²) in [5.74, 6) is -10.2. The van der Waals surface area contributed by atoms with Gasteiger partial charge in [-0.3, -0.25) is 4.72 Å². The number of rotatable bonds is 10. The van der Waals surface area contributed by atoms with E-state index in [2.05, 4.69) is 25.6 Å². The second-order valence-electron chi connectivity index (χ2n) is 10.3. The number of alkyl halides is 2. The van der Waals surface area contributed by atoms with Crippen molar-refractivity contribution in [2.75, 3.05) is 23.1 Å². The topological polar surface area (TPSA) is 118 Å². The summed E-state index contributed by atoms with van der Waals surface area (Å²) in [7, 11) is -4.30. The Labute approximate surface area is 250 Å². The van der Waals surface area contributed by atoms with E-state index in [-0.39, 0.29) is 42.1 Å². The molecule has 9 nitrogen and oxygen atoms in total. The number of benzene rings is 2. The van der Waals surface area contributed by atoms with Gasteiger partial charge in [0.05, 0.1) is 17.0 Å². The summed E-state index contributed by atoms with van der Waals surface area (Å²) in [6.45, 7) is 1.47. The maximum absolute atomic E-state index is 15.1. The Morgan fingerprint density at radius 2 is 1.77 bits per heavy atom. The average molecular weight is 635 g/mol. The predicted octanol–water partition coefficient (Wildman–Crippen LogP) is 5.74. The summed E-state index contributed by atoms with van der Waals surface area (Å²) < 4.78 is 105. The van der Waals surface area contributed by atoms with E-state index in [0.29, 0.717) is 18.2 Å². The molecule has 2 atom stereocenters. The summed E-state index contributed by atoms with van der Waals surface area (Å²) in [5, 5.41) is 6.00. The van der Waals surface area contributed by atoms with Gasteiger partial charge >= 0.3 is 0 Å². The molecular weight excluding hydrogens is 607 g/mol. The molecule has 0 bridgehead atoms. The zero-order valence-electron chi connectivity index (χ0n) is 23.2. The third kappa shape index (κ3) is 7.39. The first kappa shape index (κ1) is 31.1. The highest BCUT2D eigenvalue weighted by Gasteiger charge is 2.38. The number of halogens is 5. The molecular formula is C29H27F5N6O3S. The molecule has 2 aromatic heterocycles. The third-order valence-electron chi connectivity index (χ3n) is 6.89. The Morgan fingerprint density at radius 3 is 2.52 bits per heavy atom. The van der Waals surface area contributed by atoms with Gasteiger partial charge in [-0.25, -0.2) is 40.9 Å². The number of anilines is 2. The number of hydrogen-bond donors (Lipinski definition) is 3. The zero-order valence-corrected chi connectivity index (χ0v) is 24.0. The number of nitrogens with zero attached hydrogens (tertiary/aromatic N) is 3. The lowest BCUT2D eigenvalue weighted by atomic mass is 9.91. The van der Waals surface area contributed by atoms with Crippen molar-refractivity contribution in [3.63, 3.8) is 0 Å². The van der Waals surface area contributed by atoms with Crippen molar-refractivity contribution in [3.05, 3.63) is 90.0 Å². The molecule has 1 fully saturated rings. The second-order valence-corrected chi connectivity index (χ2v) is 12.0. The smallest absolute Gasteiger partial charge is 0.249 e. The van der Waals surface area contributed by atoms with Crippen LogP contribution in [0.4, 0.5) is 33.6 Å². The molecule has 0 amide bonds. The molecule has 5 rings (SSSR count). The van der Waals surface area contributed by atoms with Gasteiger partial charge in [0.1, 0.15) is 5.69 Å². The van der Waals surface area contributed by atoms with Crippen molar-refractivity contribution in [1.29, 1.82) is 0 Å². The van der Waals surface area contributed by atoms with Crippen molar-refractivity contribution in [1.82, 2.24) is 20.3 Å². The molecule has 2 aromatic carbocycles. The summed E-state index contributed by atoms with van der Waals surface area (Å²) in [4.78, 5) is 12.6. The lowest BCUT2D eigenvalue weighted by molar-refractivity contribution is -0.0488. The van der Waals surface area contributed by atoms with Crippen LogP contribution in [0.5, 0.6) is 11.6 Å². The molecule has 2 unspecified atom stereocenters. The van der Waals surface area contributed by atoms with Gasteiger partial charge < -0.3 is 15.4 Å². The van der Waals surface area contributed by atoms with Gasteiger partial charge in [0.2, 0.25) is 33.6 Å². The Hall–Kier alpha value is -4.37. The molecule has 0 radical (unpaired) electrons. The average Bonchev–Trinajstić information content (AvgIpc) is 2.98. The highest BCUT2D eigenvalue weighted by Crippen LogP contribution is 2.36.